The quantitative estimate of drug-likeness (QED) is 0.0462. The fourth-order valence-electron chi connectivity index (χ4n) is 4.92. The fraction of sp³-hybridized carbons (Fsp3) is 0.490. The highest BCUT2D eigenvalue weighted by molar-refractivity contribution is 6.30. The van der Waals surface area contributed by atoms with Crippen molar-refractivity contribution in [1.82, 2.24) is 20.9 Å². The van der Waals surface area contributed by atoms with Crippen LogP contribution in [-0.2, 0) is 9.47 Å². The van der Waals surface area contributed by atoms with Gasteiger partial charge in [0.1, 0.15) is 0 Å². The second kappa shape index (κ2) is 45.4. The molecule has 10 nitrogen and oxygen atoms in total. The first-order valence-electron chi connectivity index (χ1n) is 21.4. The van der Waals surface area contributed by atoms with Crippen LogP contribution in [0.2, 0.25) is 5.02 Å². The van der Waals surface area contributed by atoms with Gasteiger partial charge in [-0.2, -0.15) is 5.26 Å². The molecule has 60 heavy (non-hydrogen) atoms. The number of carbonyl (C=O) groups is 1. The number of nitrogens with one attached hydrogen (secondary N) is 4. The lowest BCUT2D eigenvalue weighted by Gasteiger charge is -2.32. The van der Waals surface area contributed by atoms with Gasteiger partial charge in [-0.05, 0) is 106 Å². The van der Waals surface area contributed by atoms with Crippen LogP contribution in [0.5, 0.6) is 0 Å². The van der Waals surface area contributed by atoms with Crippen molar-refractivity contribution < 1.29 is 14.3 Å². The van der Waals surface area contributed by atoms with Crippen molar-refractivity contribution in [3.05, 3.63) is 114 Å². The molecular weight excluding hydrogens is 770 g/mol. The van der Waals surface area contributed by atoms with Crippen LogP contribution in [0, 0.1) is 11.3 Å². The monoisotopic (exact) mass is 852 g/mol. The molecule has 0 saturated carbocycles. The number of aliphatic imine (C=N–C) groups is 1. The van der Waals surface area contributed by atoms with Gasteiger partial charge in [-0.1, -0.05) is 115 Å². The fourth-order valence-corrected chi connectivity index (χ4v) is 5.10. The summed E-state index contributed by atoms with van der Waals surface area (Å²) < 4.78 is 9.61. The molecule has 2 amide bonds. The first kappa shape index (κ1) is 62.0. The molecular formula is C49H82ClN7O3. The van der Waals surface area contributed by atoms with Crippen molar-refractivity contribution in [3.8, 4) is 6.07 Å². The van der Waals surface area contributed by atoms with Crippen LogP contribution < -0.4 is 21.3 Å². The Bertz CT molecular complexity index is 1520. The molecule has 338 valence electrons. The van der Waals surface area contributed by atoms with E-state index in [-0.39, 0.29) is 12.1 Å². The summed E-state index contributed by atoms with van der Waals surface area (Å²) >= 11 is 6.31. The summed E-state index contributed by atoms with van der Waals surface area (Å²) in [4.78, 5) is 18.4. The Morgan fingerprint density at radius 2 is 1.57 bits per heavy atom. The summed E-state index contributed by atoms with van der Waals surface area (Å²) in [5.74, 6) is 0. The van der Waals surface area contributed by atoms with Crippen molar-refractivity contribution >= 4 is 40.8 Å². The second-order valence-electron chi connectivity index (χ2n) is 11.8. The number of nitriles is 1. The Morgan fingerprint density at radius 3 is 2.02 bits per heavy atom. The lowest BCUT2D eigenvalue weighted by atomic mass is 9.85. The molecule has 1 atom stereocenters. The third-order valence-corrected chi connectivity index (χ3v) is 7.59. The number of nitrogens with zero attached hydrogens (tertiary/aromatic N) is 3. The molecule has 1 fully saturated rings. The molecule has 3 rings (SSSR count). The standard InChI is InChI=1S/C29H31ClN4O.C7H15N3O.C4H10O.C3H8.3C2H6/c1-5-15-32-27(6-2)28(25-12-9-23(30)18-26(25)20(3)4)22-13-16-34(17-14-22)29(35)33-24-10-7-21(19-31)8-11-24;1-8-6-9-4-3-5-10-7-11-2;1-3-5-4-2;1-3-2;3*1-2/h5-12,15,18,27,32H,2-3,13-14,16-17H2,1,4H3,(H,33,35);3-4,6,10H,5,7H2,1-2H3,(H,8,9);3-4H2,1-2H3;3H2,1-2H3;3*1-2H3/b15-5-;4-3+;;;;;. The first-order chi connectivity index (χ1) is 29.1. The van der Waals surface area contributed by atoms with Gasteiger partial charge in [-0.25, -0.2) is 4.79 Å². The van der Waals surface area contributed by atoms with Crippen LogP contribution in [0.1, 0.15) is 119 Å². The number of halogens is 1. The summed E-state index contributed by atoms with van der Waals surface area (Å²) in [5.41, 5.74) is 6.69. The minimum atomic E-state index is -0.142. The predicted octanol–water partition coefficient (Wildman–Crippen LogP) is 12.5. The van der Waals surface area contributed by atoms with Gasteiger partial charge in [0.25, 0.3) is 0 Å². The molecule has 0 aromatic heterocycles. The molecule has 1 unspecified atom stereocenters. The number of methoxy groups -OCH3 is 1. The first-order valence-corrected chi connectivity index (χ1v) is 21.8. The third kappa shape index (κ3) is 29.5. The summed E-state index contributed by atoms with van der Waals surface area (Å²) in [6.07, 6.45) is 13.9. The summed E-state index contributed by atoms with van der Waals surface area (Å²) in [6.45, 7) is 36.7. The van der Waals surface area contributed by atoms with E-state index in [0.717, 1.165) is 54.9 Å². The molecule has 0 bridgehead atoms. The van der Waals surface area contributed by atoms with Crippen LogP contribution in [-0.4, -0.2) is 77.0 Å². The van der Waals surface area contributed by atoms with Crippen LogP contribution in [0.15, 0.2) is 96.8 Å². The number of piperidine rings is 1. The Hall–Kier alpha value is -4.66. The molecule has 1 aliphatic heterocycles. The molecule has 0 radical (unpaired) electrons. The smallest absolute Gasteiger partial charge is 0.321 e. The topological polar surface area (TPSA) is 123 Å². The number of likely N-dealkylation sites (tertiary alicyclic amines) is 1. The largest absolute Gasteiger partial charge is 0.382 e. The van der Waals surface area contributed by atoms with Gasteiger partial charge in [0.15, 0.2) is 0 Å². The van der Waals surface area contributed by atoms with E-state index in [2.05, 4.69) is 59.3 Å². The SMILES string of the molecule is C=CC(N/C=C\C)C(=C1CCN(C(=O)Nc2ccc(C#N)cc2)CC1)c1ccc(Cl)cc1C(=C)C.CC.CC.CC.CCC.CCOCC.CN=CN/C=C/CNCOC. The number of carbonyl (C=O) groups excluding carboxylic acids is 1. The highest BCUT2D eigenvalue weighted by Gasteiger charge is 2.25. The van der Waals surface area contributed by atoms with Crippen molar-refractivity contribution in [2.24, 2.45) is 4.99 Å². The van der Waals surface area contributed by atoms with Gasteiger partial charge in [-0.3, -0.25) is 10.3 Å². The Kier molecular flexibility index (Phi) is 46.9. The molecule has 11 heteroatoms. The molecule has 0 spiro atoms. The lowest BCUT2D eigenvalue weighted by Crippen LogP contribution is -2.40. The van der Waals surface area contributed by atoms with Crippen LogP contribution in [0.3, 0.4) is 0 Å². The number of allylic oxidation sites excluding steroid dienone is 2. The Labute approximate surface area is 372 Å². The number of ether oxygens (including phenoxy) is 2. The number of hydrogen-bond acceptors (Lipinski definition) is 7. The molecule has 2 aromatic rings. The van der Waals surface area contributed by atoms with E-state index in [0.29, 0.717) is 36.1 Å². The van der Waals surface area contributed by atoms with Crippen molar-refractivity contribution in [2.75, 3.05) is 59.1 Å². The van der Waals surface area contributed by atoms with Crippen LogP contribution in [0.4, 0.5) is 10.5 Å². The average molecular weight is 853 g/mol. The van der Waals surface area contributed by atoms with E-state index >= 15 is 0 Å². The summed E-state index contributed by atoms with van der Waals surface area (Å²) in [5, 5.41) is 21.9. The van der Waals surface area contributed by atoms with E-state index in [4.69, 9.17) is 26.3 Å². The number of benzene rings is 2. The van der Waals surface area contributed by atoms with Crippen LogP contribution in [0.25, 0.3) is 11.1 Å². The molecule has 1 heterocycles. The maximum atomic E-state index is 12.9. The Morgan fingerprint density at radius 1 is 0.983 bits per heavy atom. The number of hydrogen-bond donors (Lipinski definition) is 4. The maximum absolute atomic E-state index is 12.9. The van der Waals surface area contributed by atoms with E-state index in [1.807, 2.05) is 123 Å². The minimum absolute atomic E-state index is 0.0977. The predicted molar refractivity (Wildman–Crippen MR) is 265 cm³/mol. The number of amides is 2. The van der Waals surface area contributed by atoms with Gasteiger partial charge in [0.05, 0.1) is 30.7 Å². The van der Waals surface area contributed by atoms with Gasteiger partial charge in [0.2, 0.25) is 0 Å². The highest BCUT2D eigenvalue weighted by atomic mass is 35.5. The van der Waals surface area contributed by atoms with Crippen molar-refractivity contribution in [1.29, 1.82) is 5.26 Å². The highest BCUT2D eigenvalue weighted by Crippen LogP contribution is 2.35. The molecule has 2 aromatic carbocycles. The lowest BCUT2D eigenvalue weighted by molar-refractivity contribution is 0.162. The zero-order valence-corrected chi connectivity index (χ0v) is 40.6. The average Bonchev–Trinajstić information content (AvgIpc) is 3.28. The number of urea groups is 1. The van der Waals surface area contributed by atoms with Gasteiger partial charge < -0.3 is 30.3 Å². The van der Waals surface area contributed by atoms with E-state index < -0.39 is 0 Å². The van der Waals surface area contributed by atoms with Gasteiger partial charge >= 0.3 is 6.03 Å². The normalized spacial score (nSPS) is 11.7. The maximum Gasteiger partial charge on any atom is 0.321 e. The van der Waals surface area contributed by atoms with E-state index in [1.165, 1.54) is 12.0 Å². The van der Waals surface area contributed by atoms with Gasteiger partial charge in [0, 0.05) is 57.7 Å². The molecule has 4 N–H and O–H groups in total. The van der Waals surface area contributed by atoms with Crippen molar-refractivity contribution in [2.45, 2.75) is 108 Å². The summed E-state index contributed by atoms with van der Waals surface area (Å²) in [6, 6.07) is 14.6. The van der Waals surface area contributed by atoms with Crippen molar-refractivity contribution in [3.63, 3.8) is 0 Å². The zero-order valence-electron chi connectivity index (χ0n) is 39.8. The number of anilines is 1. The van der Waals surface area contributed by atoms with Gasteiger partial charge in [-0.15, -0.1) is 6.58 Å². The Balaban J connectivity index is -0.000000516. The second-order valence-corrected chi connectivity index (χ2v) is 12.2. The van der Waals surface area contributed by atoms with E-state index in [9.17, 15) is 4.79 Å². The van der Waals surface area contributed by atoms with Crippen LogP contribution >= 0.6 is 11.6 Å². The minimum Gasteiger partial charge on any atom is -0.382 e. The number of rotatable bonds is 15. The molecule has 1 saturated heterocycles. The van der Waals surface area contributed by atoms with E-state index in [1.54, 1.807) is 44.8 Å². The molecule has 0 aliphatic carbocycles. The third-order valence-electron chi connectivity index (χ3n) is 7.36. The summed E-state index contributed by atoms with van der Waals surface area (Å²) in [7, 11) is 3.36. The molecule has 1 aliphatic rings. The zero-order chi connectivity index (χ0) is 46.6.